The van der Waals surface area contributed by atoms with Gasteiger partial charge < -0.3 is 4.90 Å². The van der Waals surface area contributed by atoms with Crippen molar-refractivity contribution in [3.63, 3.8) is 0 Å². The highest BCUT2D eigenvalue weighted by molar-refractivity contribution is 7.92. The van der Waals surface area contributed by atoms with Crippen LogP contribution in [0.5, 0.6) is 0 Å². The summed E-state index contributed by atoms with van der Waals surface area (Å²) in [7, 11) is -4.36. The standard InChI is InChI=1S/C25H22ClF3N2O3S/c1-17-6-9-21(10-7-17)35(33,34)31(20-8-11-23(26)22(14-20)25(27,28)29)16-24(32)30-13-12-18-4-2-3-5-19(18)15-30/h2-11,14H,12-13,15-16H2,1H3. The molecule has 3 aromatic rings. The maximum Gasteiger partial charge on any atom is 0.417 e. The summed E-state index contributed by atoms with van der Waals surface area (Å²) in [5.74, 6) is -0.515. The van der Waals surface area contributed by atoms with Crippen molar-refractivity contribution in [3.05, 3.63) is 94.0 Å². The second-order valence-electron chi connectivity index (χ2n) is 8.32. The van der Waals surface area contributed by atoms with Gasteiger partial charge in [-0.15, -0.1) is 0 Å². The first-order valence-corrected chi connectivity index (χ1v) is 12.6. The molecule has 0 aromatic heterocycles. The molecule has 184 valence electrons. The summed E-state index contributed by atoms with van der Waals surface area (Å²) in [6, 6.07) is 16.3. The van der Waals surface area contributed by atoms with Crippen LogP contribution in [-0.2, 0) is 34.0 Å². The first-order chi connectivity index (χ1) is 16.5. The zero-order valence-electron chi connectivity index (χ0n) is 18.7. The van der Waals surface area contributed by atoms with E-state index in [1.54, 1.807) is 19.1 Å². The molecule has 0 N–H and O–H groups in total. The minimum absolute atomic E-state index is 0.136. The van der Waals surface area contributed by atoms with Gasteiger partial charge in [-0.25, -0.2) is 8.42 Å². The lowest BCUT2D eigenvalue weighted by atomic mass is 10.00. The summed E-state index contributed by atoms with van der Waals surface area (Å²) in [6.07, 6.45) is -4.20. The molecule has 5 nitrogen and oxygen atoms in total. The van der Waals surface area contributed by atoms with Crippen molar-refractivity contribution in [3.8, 4) is 0 Å². The zero-order chi connectivity index (χ0) is 25.4. The summed E-state index contributed by atoms with van der Waals surface area (Å²) in [6.45, 7) is 1.79. The van der Waals surface area contributed by atoms with Gasteiger partial charge in [-0.05, 0) is 54.8 Å². The van der Waals surface area contributed by atoms with Crippen molar-refractivity contribution in [1.29, 1.82) is 0 Å². The number of halogens is 4. The van der Waals surface area contributed by atoms with Crippen LogP contribution in [0, 0.1) is 6.92 Å². The van der Waals surface area contributed by atoms with E-state index in [-0.39, 0.29) is 10.6 Å². The fraction of sp³-hybridized carbons (Fsp3) is 0.240. The number of hydrogen-bond donors (Lipinski definition) is 0. The Morgan fingerprint density at radius 1 is 1.03 bits per heavy atom. The number of benzene rings is 3. The Balaban J connectivity index is 1.73. The Kier molecular flexibility index (Phi) is 6.83. The molecule has 0 fully saturated rings. The lowest BCUT2D eigenvalue weighted by Crippen LogP contribution is -2.44. The van der Waals surface area contributed by atoms with Crippen LogP contribution >= 0.6 is 11.6 Å². The number of fused-ring (bicyclic) bond motifs is 1. The van der Waals surface area contributed by atoms with Crippen LogP contribution in [0.3, 0.4) is 0 Å². The van der Waals surface area contributed by atoms with Crippen molar-refractivity contribution >= 4 is 33.2 Å². The lowest BCUT2D eigenvalue weighted by molar-refractivity contribution is -0.137. The molecule has 0 unspecified atom stereocenters. The van der Waals surface area contributed by atoms with E-state index in [4.69, 9.17) is 11.6 Å². The molecule has 0 radical (unpaired) electrons. The van der Waals surface area contributed by atoms with Crippen LogP contribution in [0.1, 0.15) is 22.3 Å². The van der Waals surface area contributed by atoms with Gasteiger partial charge in [0.05, 0.1) is 21.2 Å². The van der Waals surface area contributed by atoms with Crippen LogP contribution < -0.4 is 4.31 Å². The number of carbonyl (C=O) groups excluding carboxylic acids is 1. The Bertz CT molecular complexity index is 1360. The molecular formula is C25H22ClF3N2O3S. The van der Waals surface area contributed by atoms with Crippen LogP contribution in [0.2, 0.25) is 5.02 Å². The average Bonchev–Trinajstić information content (AvgIpc) is 2.82. The van der Waals surface area contributed by atoms with Crippen LogP contribution in [0.4, 0.5) is 18.9 Å². The molecule has 1 aliphatic heterocycles. The first-order valence-electron chi connectivity index (χ1n) is 10.8. The first kappa shape index (κ1) is 25.1. The highest BCUT2D eigenvalue weighted by Gasteiger charge is 2.36. The molecule has 0 saturated carbocycles. The van der Waals surface area contributed by atoms with Gasteiger partial charge in [0.15, 0.2) is 0 Å². The normalized spacial score (nSPS) is 13.9. The SMILES string of the molecule is Cc1ccc(S(=O)(=O)N(CC(=O)N2CCc3ccccc3C2)c2ccc(Cl)c(C(F)(F)F)c2)cc1. The molecule has 0 spiro atoms. The van der Waals surface area contributed by atoms with Gasteiger partial charge in [-0.3, -0.25) is 9.10 Å². The highest BCUT2D eigenvalue weighted by atomic mass is 35.5. The minimum atomic E-state index is -4.80. The van der Waals surface area contributed by atoms with Crippen molar-refractivity contribution in [2.45, 2.75) is 31.0 Å². The van der Waals surface area contributed by atoms with Gasteiger partial charge in [0.2, 0.25) is 5.91 Å². The molecule has 1 amide bonds. The van der Waals surface area contributed by atoms with E-state index in [0.29, 0.717) is 29.9 Å². The summed E-state index contributed by atoms with van der Waals surface area (Å²) < 4.78 is 68.4. The lowest BCUT2D eigenvalue weighted by Gasteiger charge is -2.32. The fourth-order valence-corrected chi connectivity index (χ4v) is 5.60. The molecule has 0 atom stereocenters. The third-order valence-electron chi connectivity index (χ3n) is 5.91. The molecular weight excluding hydrogens is 501 g/mol. The molecule has 0 saturated heterocycles. The quantitative estimate of drug-likeness (QED) is 0.448. The third kappa shape index (κ3) is 5.31. The number of nitrogens with zero attached hydrogens (tertiary/aromatic N) is 2. The zero-order valence-corrected chi connectivity index (χ0v) is 20.3. The topological polar surface area (TPSA) is 57.7 Å². The summed E-state index contributed by atoms with van der Waals surface area (Å²) >= 11 is 5.75. The largest absolute Gasteiger partial charge is 0.417 e. The van der Waals surface area contributed by atoms with Crippen molar-refractivity contribution in [2.24, 2.45) is 0 Å². The number of carbonyl (C=O) groups is 1. The third-order valence-corrected chi connectivity index (χ3v) is 8.03. The number of hydrogen-bond acceptors (Lipinski definition) is 3. The smallest absolute Gasteiger partial charge is 0.336 e. The molecule has 0 bridgehead atoms. The maximum atomic E-state index is 13.5. The van der Waals surface area contributed by atoms with Gasteiger partial charge in [-0.2, -0.15) is 13.2 Å². The molecule has 1 aliphatic rings. The average molecular weight is 523 g/mol. The molecule has 1 heterocycles. The Hall–Kier alpha value is -3.04. The van der Waals surface area contributed by atoms with E-state index in [9.17, 15) is 26.4 Å². The maximum absolute atomic E-state index is 13.5. The van der Waals surface area contributed by atoms with Crippen LogP contribution in [-0.4, -0.2) is 32.3 Å². The van der Waals surface area contributed by atoms with Crippen molar-refractivity contribution in [2.75, 3.05) is 17.4 Å². The van der Waals surface area contributed by atoms with Gasteiger partial charge in [0.25, 0.3) is 10.0 Å². The monoisotopic (exact) mass is 522 g/mol. The summed E-state index contributed by atoms with van der Waals surface area (Å²) in [5, 5.41) is -0.562. The van der Waals surface area contributed by atoms with Gasteiger partial charge in [-0.1, -0.05) is 53.6 Å². The second kappa shape index (κ2) is 9.54. The minimum Gasteiger partial charge on any atom is -0.336 e. The summed E-state index contributed by atoms with van der Waals surface area (Å²) in [4.78, 5) is 14.6. The Morgan fingerprint density at radius 3 is 2.34 bits per heavy atom. The number of amides is 1. The van der Waals surface area contributed by atoms with E-state index >= 15 is 0 Å². The van der Waals surface area contributed by atoms with Gasteiger partial charge in [0, 0.05) is 13.1 Å². The predicted octanol–water partition coefficient (Wildman–Crippen LogP) is 5.45. The van der Waals surface area contributed by atoms with Crippen LogP contribution in [0.15, 0.2) is 71.6 Å². The number of alkyl halides is 3. The molecule has 35 heavy (non-hydrogen) atoms. The van der Waals surface area contributed by atoms with Crippen LogP contribution in [0.25, 0.3) is 0 Å². The fourth-order valence-electron chi connectivity index (χ4n) is 3.97. The number of aryl methyl sites for hydroxylation is 1. The van der Waals surface area contributed by atoms with E-state index in [0.717, 1.165) is 22.8 Å². The van der Waals surface area contributed by atoms with E-state index in [2.05, 4.69) is 0 Å². The Morgan fingerprint density at radius 2 is 1.69 bits per heavy atom. The van der Waals surface area contributed by atoms with E-state index in [1.807, 2.05) is 24.3 Å². The number of anilines is 1. The molecule has 10 heteroatoms. The van der Waals surface area contributed by atoms with E-state index in [1.165, 1.54) is 23.1 Å². The number of sulfonamides is 1. The van der Waals surface area contributed by atoms with E-state index < -0.39 is 39.2 Å². The number of rotatable bonds is 5. The van der Waals surface area contributed by atoms with Gasteiger partial charge in [0.1, 0.15) is 6.54 Å². The Labute approximate surface area is 206 Å². The van der Waals surface area contributed by atoms with Gasteiger partial charge >= 0.3 is 6.18 Å². The summed E-state index contributed by atoms with van der Waals surface area (Å²) in [5.41, 5.74) is 1.39. The molecule has 0 aliphatic carbocycles. The highest BCUT2D eigenvalue weighted by Crippen LogP contribution is 2.38. The second-order valence-corrected chi connectivity index (χ2v) is 10.6. The predicted molar refractivity (Wildman–Crippen MR) is 128 cm³/mol. The van der Waals surface area contributed by atoms with Crippen molar-refractivity contribution < 1.29 is 26.4 Å². The van der Waals surface area contributed by atoms with Crippen molar-refractivity contribution in [1.82, 2.24) is 4.90 Å². The molecule has 4 rings (SSSR count). The molecule has 3 aromatic carbocycles.